The van der Waals surface area contributed by atoms with Crippen molar-refractivity contribution in [3.63, 3.8) is 0 Å². The van der Waals surface area contributed by atoms with Crippen molar-refractivity contribution in [2.45, 2.75) is 37.1 Å². The van der Waals surface area contributed by atoms with Gasteiger partial charge in [0, 0.05) is 28.8 Å². The van der Waals surface area contributed by atoms with Gasteiger partial charge in [0.25, 0.3) is 5.91 Å². The maximum absolute atomic E-state index is 12.7. The zero-order valence-electron chi connectivity index (χ0n) is 17.3. The minimum atomic E-state index is -0.0848. The van der Waals surface area contributed by atoms with Crippen molar-refractivity contribution in [2.24, 2.45) is 5.92 Å². The molecule has 1 saturated heterocycles. The quantitative estimate of drug-likeness (QED) is 0.654. The molecule has 3 unspecified atom stereocenters. The first kappa shape index (κ1) is 21.8. The number of carbonyl (C=O) groups excluding carboxylic acids is 2. The molecule has 2 fully saturated rings. The number of ether oxygens (including phenoxy) is 1. The van der Waals surface area contributed by atoms with Crippen molar-refractivity contribution < 1.29 is 14.3 Å². The van der Waals surface area contributed by atoms with Gasteiger partial charge in [-0.15, -0.1) is 11.8 Å². The molecule has 2 N–H and O–H groups in total. The molecule has 2 aromatic rings. The molecule has 1 aliphatic carbocycles. The maximum Gasteiger partial charge on any atom is 0.257 e. The van der Waals surface area contributed by atoms with E-state index in [4.69, 9.17) is 16.3 Å². The number of carbonyl (C=O) groups is 2. The van der Waals surface area contributed by atoms with Crippen LogP contribution in [0.25, 0.3) is 6.08 Å². The van der Waals surface area contributed by atoms with Crippen LogP contribution >= 0.6 is 23.4 Å². The lowest BCUT2D eigenvalue weighted by molar-refractivity contribution is -0.127. The van der Waals surface area contributed by atoms with Crippen LogP contribution in [0.4, 0.5) is 0 Å². The fourth-order valence-electron chi connectivity index (χ4n) is 4.05. The van der Waals surface area contributed by atoms with E-state index in [0.717, 1.165) is 29.7 Å². The molecule has 0 radical (unpaired) electrons. The predicted molar refractivity (Wildman–Crippen MR) is 125 cm³/mol. The lowest BCUT2D eigenvalue weighted by Gasteiger charge is -2.39. The highest BCUT2D eigenvalue weighted by Gasteiger charge is 2.39. The third-order valence-corrected chi connectivity index (χ3v) is 7.42. The summed E-state index contributed by atoms with van der Waals surface area (Å²) >= 11 is 7.53. The highest BCUT2D eigenvalue weighted by atomic mass is 35.5. The Morgan fingerprint density at radius 3 is 2.84 bits per heavy atom. The largest absolute Gasteiger partial charge is 0.497 e. The van der Waals surface area contributed by atoms with Gasteiger partial charge in [-0.2, -0.15) is 0 Å². The summed E-state index contributed by atoms with van der Waals surface area (Å²) < 4.78 is 5.26. The summed E-state index contributed by atoms with van der Waals surface area (Å²) in [6, 6.07) is 15.1. The van der Waals surface area contributed by atoms with Gasteiger partial charge in [0.05, 0.1) is 12.0 Å². The van der Waals surface area contributed by atoms with E-state index in [1.54, 1.807) is 18.9 Å². The zero-order chi connectivity index (χ0) is 21.8. The van der Waals surface area contributed by atoms with Gasteiger partial charge in [-0.05, 0) is 60.7 Å². The monoisotopic (exact) mass is 456 g/mol. The Bertz CT molecular complexity index is 993. The van der Waals surface area contributed by atoms with E-state index in [0.29, 0.717) is 22.9 Å². The molecule has 1 saturated carbocycles. The normalized spacial score (nSPS) is 24.3. The van der Waals surface area contributed by atoms with Crippen LogP contribution in [0, 0.1) is 5.92 Å². The molecular formula is C24H25ClN2O3S. The van der Waals surface area contributed by atoms with Gasteiger partial charge < -0.3 is 15.4 Å². The average molecular weight is 457 g/mol. The highest BCUT2D eigenvalue weighted by Crippen LogP contribution is 2.40. The fourth-order valence-corrected chi connectivity index (χ4v) is 5.47. The number of thioether (sulfide) groups is 1. The standard InChI is InChI=1S/C24H25ClN2O3S/c1-30-19-4-2-3-16(11-19)12-22-24(29)27-20-13-17(7-10-21(20)31-22)23(28)26-14-15-5-8-18(25)9-6-15/h2-6,8-9,11-12,17,20-21H,7,10,13-14H2,1H3,(H,26,28)(H,27,29)/b22-12+. The number of halogens is 1. The van der Waals surface area contributed by atoms with Gasteiger partial charge in [-0.1, -0.05) is 35.9 Å². The topological polar surface area (TPSA) is 67.4 Å². The number of rotatable bonds is 5. The van der Waals surface area contributed by atoms with Gasteiger partial charge in [0.1, 0.15) is 5.75 Å². The second-order valence-corrected chi connectivity index (χ2v) is 9.59. The number of methoxy groups -OCH3 is 1. The van der Waals surface area contributed by atoms with Crippen LogP contribution in [-0.4, -0.2) is 30.2 Å². The summed E-state index contributed by atoms with van der Waals surface area (Å²) in [6.07, 6.45) is 4.29. The Balaban J connectivity index is 1.34. The number of benzene rings is 2. The van der Waals surface area contributed by atoms with Gasteiger partial charge in [-0.25, -0.2) is 0 Å². The summed E-state index contributed by atoms with van der Waals surface area (Å²) in [5, 5.41) is 7.12. The number of amides is 2. The Morgan fingerprint density at radius 2 is 2.06 bits per heavy atom. The van der Waals surface area contributed by atoms with Crippen LogP contribution in [0.15, 0.2) is 53.4 Å². The van der Waals surface area contributed by atoms with Crippen LogP contribution in [0.2, 0.25) is 5.02 Å². The van der Waals surface area contributed by atoms with Gasteiger partial charge >= 0.3 is 0 Å². The first-order chi connectivity index (χ1) is 15.0. The predicted octanol–water partition coefficient (Wildman–Crippen LogP) is 4.41. The summed E-state index contributed by atoms with van der Waals surface area (Å²) in [4.78, 5) is 26.1. The molecule has 1 heterocycles. The molecule has 2 aromatic carbocycles. The molecule has 4 rings (SSSR count). The number of hydrogen-bond donors (Lipinski definition) is 2. The smallest absolute Gasteiger partial charge is 0.257 e. The van der Waals surface area contributed by atoms with Crippen LogP contribution in [0.3, 0.4) is 0 Å². The van der Waals surface area contributed by atoms with Gasteiger partial charge in [0.2, 0.25) is 5.91 Å². The summed E-state index contributed by atoms with van der Waals surface area (Å²) in [5.74, 6) is 0.651. The van der Waals surface area contributed by atoms with Crippen LogP contribution in [0.5, 0.6) is 5.75 Å². The molecule has 5 nitrogen and oxygen atoms in total. The molecule has 162 valence electrons. The lowest BCUT2D eigenvalue weighted by Crippen LogP contribution is -2.51. The first-order valence-corrected chi connectivity index (χ1v) is 11.6. The first-order valence-electron chi connectivity index (χ1n) is 10.4. The van der Waals surface area contributed by atoms with Crippen molar-refractivity contribution in [2.75, 3.05) is 7.11 Å². The molecule has 2 aliphatic rings. The van der Waals surface area contributed by atoms with Crippen molar-refractivity contribution in [1.82, 2.24) is 10.6 Å². The molecule has 2 amide bonds. The Hall–Kier alpha value is -2.44. The van der Waals surface area contributed by atoms with E-state index in [2.05, 4.69) is 10.6 Å². The Kier molecular flexibility index (Phi) is 6.88. The summed E-state index contributed by atoms with van der Waals surface area (Å²) in [5.41, 5.74) is 1.95. The fraction of sp³-hybridized carbons (Fsp3) is 0.333. The lowest BCUT2D eigenvalue weighted by atomic mass is 9.84. The molecule has 31 heavy (non-hydrogen) atoms. The molecular weight excluding hydrogens is 432 g/mol. The molecule has 0 spiro atoms. The number of fused-ring (bicyclic) bond motifs is 1. The Morgan fingerprint density at radius 1 is 1.26 bits per heavy atom. The van der Waals surface area contributed by atoms with Crippen molar-refractivity contribution in [3.05, 3.63) is 69.6 Å². The van der Waals surface area contributed by atoms with E-state index in [9.17, 15) is 9.59 Å². The molecule has 0 aromatic heterocycles. The summed E-state index contributed by atoms with van der Waals surface area (Å²) in [6.45, 7) is 0.481. The van der Waals surface area contributed by atoms with Crippen LogP contribution < -0.4 is 15.4 Å². The third-order valence-electron chi connectivity index (χ3n) is 5.75. The maximum atomic E-state index is 12.7. The molecule has 0 bridgehead atoms. The molecule has 3 atom stereocenters. The summed E-state index contributed by atoms with van der Waals surface area (Å²) in [7, 11) is 1.63. The molecule has 1 aliphatic heterocycles. The highest BCUT2D eigenvalue weighted by molar-refractivity contribution is 8.04. The third kappa shape index (κ3) is 5.43. The van der Waals surface area contributed by atoms with Crippen molar-refractivity contribution in [1.29, 1.82) is 0 Å². The molecule has 7 heteroatoms. The van der Waals surface area contributed by atoms with Crippen LogP contribution in [0.1, 0.15) is 30.4 Å². The minimum absolute atomic E-state index is 0.0139. The van der Waals surface area contributed by atoms with Crippen molar-refractivity contribution in [3.8, 4) is 5.75 Å². The number of hydrogen-bond acceptors (Lipinski definition) is 4. The van der Waals surface area contributed by atoms with Gasteiger partial charge in [0.15, 0.2) is 0 Å². The number of nitrogens with one attached hydrogen (secondary N) is 2. The van der Waals surface area contributed by atoms with E-state index in [1.165, 1.54) is 0 Å². The Labute approximate surface area is 191 Å². The van der Waals surface area contributed by atoms with Crippen LogP contribution in [-0.2, 0) is 16.1 Å². The minimum Gasteiger partial charge on any atom is -0.497 e. The SMILES string of the molecule is COc1cccc(/C=C2/SC3CCC(C(=O)NCc4ccc(Cl)cc4)CC3NC2=O)c1. The van der Waals surface area contributed by atoms with E-state index < -0.39 is 0 Å². The van der Waals surface area contributed by atoms with E-state index >= 15 is 0 Å². The zero-order valence-corrected chi connectivity index (χ0v) is 18.8. The van der Waals surface area contributed by atoms with Gasteiger partial charge in [-0.3, -0.25) is 9.59 Å². The van der Waals surface area contributed by atoms with E-state index in [-0.39, 0.29) is 29.0 Å². The average Bonchev–Trinajstić information content (AvgIpc) is 2.79. The van der Waals surface area contributed by atoms with Crippen molar-refractivity contribution >= 4 is 41.3 Å². The second kappa shape index (κ2) is 9.79. The van der Waals surface area contributed by atoms with E-state index in [1.807, 2.05) is 54.6 Å². The second-order valence-electron chi connectivity index (χ2n) is 7.88.